The highest BCUT2D eigenvalue weighted by Gasteiger charge is 2.44. The van der Waals surface area contributed by atoms with E-state index in [1.54, 1.807) is 27.7 Å². The van der Waals surface area contributed by atoms with Crippen molar-refractivity contribution in [2.45, 2.75) is 85.5 Å². The molecule has 1 amide bonds. The summed E-state index contributed by atoms with van der Waals surface area (Å²) in [7, 11) is 0. The zero-order chi connectivity index (χ0) is 20.3. The second-order valence-electron chi connectivity index (χ2n) is 8.56. The average Bonchev–Trinajstić information content (AvgIpc) is 2.43. The summed E-state index contributed by atoms with van der Waals surface area (Å²) in [5, 5.41) is 0. The molecular weight excluding hydrogens is 347 g/mol. The standard InChI is InChI=1S/C19H32F3NO3/c1-7-8-14-9-12(2)16(13(3)26-17(25)18(4,5)6)23(11-14)15(24)10-19(20,21)22/h12-14,16H,7-11H2,1-6H3/t12-,13+,14?,16?/m1/s1. The van der Waals surface area contributed by atoms with Gasteiger partial charge in [-0.25, -0.2) is 0 Å². The normalized spacial score (nSPS) is 25.7. The molecule has 1 saturated heterocycles. The van der Waals surface area contributed by atoms with Crippen LogP contribution in [0.4, 0.5) is 13.2 Å². The van der Waals surface area contributed by atoms with Gasteiger partial charge < -0.3 is 9.64 Å². The molecule has 4 nitrogen and oxygen atoms in total. The Morgan fingerprint density at radius 3 is 2.27 bits per heavy atom. The molecule has 26 heavy (non-hydrogen) atoms. The first-order valence-electron chi connectivity index (χ1n) is 9.33. The first kappa shape index (κ1) is 22.8. The number of esters is 1. The lowest BCUT2D eigenvalue weighted by Crippen LogP contribution is -2.57. The summed E-state index contributed by atoms with van der Waals surface area (Å²) < 4.78 is 43.8. The molecule has 1 aliphatic rings. The molecule has 1 heterocycles. The lowest BCUT2D eigenvalue weighted by atomic mass is 9.80. The topological polar surface area (TPSA) is 46.6 Å². The number of piperidine rings is 1. The van der Waals surface area contributed by atoms with Crippen LogP contribution < -0.4 is 0 Å². The van der Waals surface area contributed by atoms with Gasteiger partial charge in [0.2, 0.25) is 5.91 Å². The maximum absolute atomic E-state index is 12.8. The van der Waals surface area contributed by atoms with E-state index in [9.17, 15) is 22.8 Å². The van der Waals surface area contributed by atoms with Crippen molar-refractivity contribution in [2.75, 3.05) is 6.54 Å². The van der Waals surface area contributed by atoms with Crippen LogP contribution in [0.25, 0.3) is 0 Å². The van der Waals surface area contributed by atoms with Gasteiger partial charge in [0.15, 0.2) is 0 Å². The third kappa shape index (κ3) is 6.47. The Balaban J connectivity index is 3.02. The highest BCUT2D eigenvalue weighted by atomic mass is 19.4. The third-order valence-electron chi connectivity index (χ3n) is 4.86. The molecule has 152 valence electrons. The first-order chi connectivity index (χ1) is 11.8. The Hall–Kier alpha value is -1.27. The maximum atomic E-state index is 12.8. The van der Waals surface area contributed by atoms with Crippen LogP contribution in [0.15, 0.2) is 0 Å². The van der Waals surface area contributed by atoms with Gasteiger partial charge >= 0.3 is 12.1 Å². The van der Waals surface area contributed by atoms with E-state index in [1.807, 2.05) is 13.8 Å². The van der Waals surface area contributed by atoms with Gasteiger partial charge in [0, 0.05) is 6.54 Å². The fourth-order valence-electron chi connectivity index (χ4n) is 3.74. The predicted molar refractivity (Wildman–Crippen MR) is 93.4 cm³/mol. The molecule has 0 aromatic rings. The number of amides is 1. The van der Waals surface area contributed by atoms with Gasteiger partial charge in [0.05, 0.1) is 11.5 Å². The zero-order valence-electron chi connectivity index (χ0n) is 16.7. The minimum Gasteiger partial charge on any atom is -0.460 e. The molecule has 0 radical (unpaired) electrons. The number of likely N-dealkylation sites (tertiary alicyclic amines) is 1. The van der Waals surface area contributed by atoms with E-state index in [-0.39, 0.29) is 18.4 Å². The van der Waals surface area contributed by atoms with Crippen LogP contribution in [0.5, 0.6) is 0 Å². The fourth-order valence-corrected chi connectivity index (χ4v) is 3.74. The highest BCUT2D eigenvalue weighted by molar-refractivity contribution is 5.78. The van der Waals surface area contributed by atoms with E-state index in [0.717, 1.165) is 19.3 Å². The number of hydrogen-bond acceptors (Lipinski definition) is 3. The van der Waals surface area contributed by atoms with E-state index in [1.165, 1.54) is 4.90 Å². The van der Waals surface area contributed by atoms with E-state index >= 15 is 0 Å². The third-order valence-corrected chi connectivity index (χ3v) is 4.86. The van der Waals surface area contributed by atoms with Crippen LogP contribution in [-0.4, -0.2) is 41.6 Å². The fraction of sp³-hybridized carbons (Fsp3) is 0.895. The minimum absolute atomic E-state index is 0.0414. The van der Waals surface area contributed by atoms with Crippen molar-refractivity contribution in [1.29, 1.82) is 0 Å². The number of rotatable bonds is 5. The van der Waals surface area contributed by atoms with Crippen molar-refractivity contribution in [3.63, 3.8) is 0 Å². The van der Waals surface area contributed by atoms with Gasteiger partial charge in [0.25, 0.3) is 0 Å². The zero-order valence-corrected chi connectivity index (χ0v) is 16.7. The van der Waals surface area contributed by atoms with E-state index in [2.05, 4.69) is 0 Å². The molecule has 4 atom stereocenters. The Morgan fingerprint density at radius 1 is 1.23 bits per heavy atom. The van der Waals surface area contributed by atoms with Crippen LogP contribution >= 0.6 is 0 Å². The van der Waals surface area contributed by atoms with Crippen LogP contribution in [-0.2, 0) is 14.3 Å². The van der Waals surface area contributed by atoms with Gasteiger partial charge in [-0.1, -0.05) is 20.3 Å². The van der Waals surface area contributed by atoms with E-state index in [4.69, 9.17) is 4.74 Å². The molecule has 2 unspecified atom stereocenters. The molecule has 0 spiro atoms. The predicted octanol–water partition coefficient (Wildman–Crippen LogP) is 4.57. The molecular formula is C19H32F3NO3. The Morgan fingerprint density at radius 2 is 1.81 bits per heavy atom. The number of nitrogens with zero attached hydrogens (tertiary/aromatic N) is 1. The minimum atomic E-state index is -4.55. The van der Waals surface area contributed by atoms with Crippen LogP contribution in [0.2, 0.25) is 0 Å². The van der Waals surface area contributed by atoms with Crippen LogP contribution in [0.3, 0.4) is 0 Å². The largest absolute Gasteiger partial charge is 0.460 e. The van der Waals surface area contributed by atoms with Gasteiger partial charge in [-0.05, 0) is 52.4 Å². The number of hydrogen-bond donors (Lipinski definition) is 0. The molecule has 0 aromatic heterocycles. The molecule has 0 bridgehead atoms. The number of carbonyl (C=O) groups excluding carboxylic acids is 2. The van der Waals surface area contributed by atoms with Gasteiger partial charge in [0.1, 0.15) is 12.5 Å². The van der Waals surface area contributed by atoms with Crippen LogP contribution in [0.1, 0.15) is 67.2 Å². The monoisotopic (exact) mass is 379 g/mol. The van der Waals surface area contributed by atoms with Gasteiger partial charge in [-0.2, -0.15) is 13.2 Å². The second-order valence-corrected chi connectivity index (χ2v) is 8.56. The molecule has 0 aromatic carbocycles. The molecule has 0 N–H and O–H groups in total. The second kappa shape index (κ2) is 8.61. The van der Waals surface area contributed by atoms with Crippen molar-refractivity contribution in [3.8, 4) is 0 Å². The summed E-state index contributed by atoms with van der Waals surface area (Å²) in [6.45, 7) is 11.0. The highest BCUT2D eigenvalue weighted by Crippen LogP contribution is 2.35. The Labute approximate surface area is 154 Å². The van der Waals surface area contributed by atoms with Crippen LogP contribution in [0, 0.1) is 17.3 Å². The van der Waals surface area contributed by atoms with Crippen molar-refractivity contribution in [2.24, 2.45) is 17.3 Å². The lowest BCUT2D eigenvalue weighted by molar-refractivity contribution is -0.176. The van der Waals surface area contributed by atoms with Crippen molar-refractivity contribution < 1.29 is 27.5 Å². The summed E-state index contributed by atoms with van der Waals surface area (Å²) in [5.74, 6) is -1.22. The SMILES string of the molecule is CCCC1C[C@@H](C)C([C@H](C)OC(=O)C(C)(C)C)N(C(=O)CC(F)(F)F)C1. The molecule has 7 heteroatoms. The summed E-state index contributed by atoms with van der Waals surface area (Å²) >= 11 is 0. The lowest BCUT2D eigenvalue weighted by Gasteiger charge is -2.46. The molecule has 1 aliphatic heterocycles. The Kier molecular flexibility index (Phi) is 7.54. The van der Waals surface area contributed by atoms with Crippen molar-refractivity contribution in [1.82, 2.24) is 4.90 Å². The quantitative estimate of drug-likeness (QED) is 0.658. The summed E-state index contributed by atoms with van der Waals surface area (Å²) in [4.78, 5) is 25.9. The number of ether oxygens (including phenoxy) is 1. The van der Waals surface area contributed by atoms with Crippen molar-refractivity contribution in [3.05, 3.63) is 0 Å². The molecule has 1 rings (SSSR count). The van der Waals surface area contributed by atoms with E-state index in [0.29, 0.717) is 0 Å². The molecule has 1 fully saturated rings. The summed E-state index contributed by atoms with van der Waals surface area (Å²) in [5.41, 5.74) is -0.711. The number of halogens is 3. The smallest absolute Gasteiger partial charge is 0.397 e. The number of carbonyl (C=O) groups is 2. The summed E-state index contributed by atoms with van der Waals surface area (Å²) in [6, 6.07) is -0.538. The number of alkyl halides is 3. The molecule has 0 aliphatic carbocycles. The first-order valence-corrected chi connectivity index (χ1v) is 9.33. The van der Waals surface area contributed by atoms with Gasteiger partial charge in [-0.3, -0.25) is 9.59 Å². The van der Waals surface area contributed by atoms with E-state index < -0.39 is 42.0 Å². The molecule has 0 saturated carbocycles. The van der Waals surface area contributed by atoms with Crippen molar-refractivity contribution >= 4 is 11.9 Å². The Bertz CT molecular complexity index is 499. The average molecular weight is 379 g/mol. The maximum Gasteiger partial charge on any atom is 0.397 e. The summed E-state index contributed by atoms with van der Waals surface area (Å²) in [6.07, 6.45) is -4.09. The van der Waals surface area contributed by atoms with Gasteiger partial charge in [-0.15, -0.1) is 0 Å².